The molecule has 0 spiro atoms. The Morgan fingerprint density at radius 1 is 0.253 bits per heavy atom. The van der Waals surface area contributed by atoms with E-state index in [2.05, 4.69) is 45.1 Å². The van der Waals surface area contributed by atoms with Crippen molar-refractivity contribution >= 4 is 17.9 Å². The lowest BCUT2D eigenvalue weighted by atomic mass is 10.0. The van der Waals surface area contributed by atoms with Gasteiger partial charge in [0.15, 0.2) is 6.10 Å². The first-order chi connectivity index (χ1) is 37.0. The zero-order chi connectivity index (χ0) is 54.3. The second kappa shape index (κ2) is 64.4. The summed E-state index contributed by atoms with van der Waals surface area (Å²) in [5.74, 6) is -0.837. The molecule has 0 saturated heterocycles. The number of rotatable bonds is 63. The number of carbonyl (C=O) groups is 3. The Morgan fingerprint density at radius 2 is 0.440 bits per heavy atom. The molecule has 75 heavy (non-hydrogen) atoms. The van der Waals surface area contributed by atoms with Crippen LogP contribution in [0.25, 0.3) is 0 Å². The highest BCUT2D eigenvalue weighted by Crippen LogP contribution is 2.18. The Bertz CT molecular complexity index is 1210. The van der Waals surface area contributed by atoms with E-state index in [-0.39, 0.29) is 31.1 Å². The van der Waals surface area contributed by atoms with Crippen molar-refractivity contribution in [2.75, 3.05) is 13.2 Å². The van der Waals surface area contributed by atoms with Crippen molar-refractivity contribution < 1.29 is 28.6 Å². The fourth-order valence-electron chi connectivity index (χ4n) is 10.3. The van der Waals surface area contributed by atoms with E-state index in [9.17, 15) is 14.4 Å². The summed E-state index contributed by atoms with van der Waals surface area (Å²) in [7, 11) is 0. The van der Waals surface area contributed by atoms with Crippen molar-refractivity contribution in [2.45, 2.75) is 386 Å². The third-order valence-electron chi connectivity index (χ3n) is 15.4. The molecular formula is C69H130O6. The van der Waals surface area contributed by atoms with E-state index in [1.807, 2.05) is 0 Å². The Kier molecular flexibility index (Phi) is 62.6. The SMILES string of the molecule is CCCCCCCC/C=C\CCCCCCCCCCCCCC(=O)OC[C@H](COC(=O)CCCCCCCCCCCCCCCCC)OC(=O)CCCCCCCCCCCCC/C=C\CCCCCCCC. The molecule has 442 valence electrons. The average Bonchev–Trinajstić information content (AvgIpc) is 3.41. The molecule has 0 aliphatic carbocycles. The average molecular weight is 1060 g/mol. The highest BCUT2D eigenvalue weighted by Gasteiger charge is 2.19. The van der Waals surface area contributed by atoms with Crippen LogP contribution in [-0.4, -0.2) is 37.2 Å². The summed E-state index contributed by atoms with van der Waals surface area (Å²) >= 11 is 0. The van der Waals surface area contributed by atoms with Crippen LogP contribution in [0.2, 0.25) is 0 Å². The highest BCUT2D eigenvalue weighted by atomic mass is 16.6. The molecule has 0 rings (SSSR count). The molecule has 0 radical (unpaired) electrons. The molecule has 0 aromatic rings. The number of hydrogen-bond donors (Lipinski definition) is 0. The second-order valence-electron chi connectivity index (χ2n) is 23.1. The van der Waals surface area contributed by atoms with E-state index in [1.54, 1.807) is 0 Å². The molecule has 6 heteroatoms. The zero-order valence-electron chi connectivity index (χ0n) is 50.8. The van der Waals surface area contributed by atoms with Crippen molar-refractivity contribution in [3.05, 3.63) is 24.3 Å². The lowest BCUT2D eigenvalue weighted by Crippen LogP contribution is -2.30. The van der Waals surface area contributed by atoms with Gasteiger partial charge in [0.05, 0.1) is 0 Å². The Morgan fingerprint density at radius 3 is 0.667 bits per heavy atom. The largest absolute Gasteiger partial charge is 0.462 e. The zero-order valence-corrected chi connectivity index (χ0v) is 50.8. The summed E-state index contributed by atoms with van der Waals surface area (Å²) in [6, 6.07) is 0. The maximum absolute atomic E-state index is 12.9. The van der Waals surface area contributed by atoms with Crippen LogP contribution >= 0.6 is 0 Å². The normalized spacial score (nSPS) is 12.1. The molecule has 0 heterocycles. The topological polar surface area (TPSA) is 78.9 Å². The van der Waals surface area contributed by atoms with Crippen LogP contribution < -0.4 is 0 Å². The molecule has 0 aliphatic heterocycles. The molecule has 0 bridgehead atoms. The molecular weight excluding hydrogens is 925 g/mol. The van der Waals surface area contributed by atoms with Crippen LogP contribution in [0, 0.1) is 0 Å². The summed E-state index contributed by atoms with van der Waals surface area (Å²) in [6.07, 6.45) is 77.6. The summed E-state index contributed by atoms with van der Waals surface area (Å²) < 4.78 is 17.0. The van der Waals surface area contributed by atoms with Crippen molar-refractivity contribution in [1.82, 2.24) is 0 Å². The lowest BCUT2D eigenvalue weighted by molar-refractivity contribution is -0.167. The van der Waals surface area contributed by atoms with Crippen LogP contribution in [-0.2, 0) is 28.6 Å². The van der Waals surface area contributed by atoms with Crippen LogP contribution in [0.3, 0.4) is 0 Å². The third-order valence-corrected chi connectivity index (χ3v) is 15.4. The fraction of sp³-hybridized carbons (Fsp3) is 0.899. The minimum atomic E-state index is -0.769. The van der Waals surface area contributed by atoms with Crippen LogP contribution in [0.1, 0.15) is 380 Å². The van der Waals surface area contributed by atoms with Crippen molar-refractivity contribution in [3.8, 4) is 0 Å². The van der Waals surface area contributed by atoms with E-state index in [1.165, 1.54) is 283 Å². The first kappa shape index (κ1) is 72.9. The molecule has 0 fully saturated rings. The van der Waals surface area contributed by atoms with Crippen LogP contribution in [0.15, 0.2) is 24.3 Å². The molecule has 0 unspecified atom stereocenters. The van der Waals surface area contributed by atoms with Gasteiger partial charge in [-0.05, 0) is 70.6 Å². The number of ether oxygens (including phenoxy) is 3. The minimum Gasteiger partial charge on any atom is -0.462 e. The lowest BCUT2D eigenvalue weighted by Gasteiger charge is -2.18. The van der Waals surface area contributed by atoms with E-state index in [0.29, 0.717) is 19.3 Å². The van der Waals surface area contributed by atoms with Gasteiger partial charge in [0.1, 0.15) is 13.2 Å². The molecule has 0 N–H and O–H groups in total. The van der Waals surface area contributed by atoms with Gasteiger partial charge in [-0.3, -0.25) is 14.4 Å². The van der Waals surface area contributed by atoms with Gasteiger partial charge in [-0.15, -0.1) is 0 Å². The number of unbranched alkanes of at least 4 members (excludes halogenated alkanes) is 48. The van der Waals surface area contributed by atoms with Gasteiger partial charge >= 0.3 is 17.9 Å². The minimum absolute atomic E-state index is 0.0658. The van der Waals surface area contributed by atoms with Gasteiger partial charge < -0.3 is 14.2 Å². The summed E-state index contributed by atoms with van der Waals surface area (Å²) in [4.78, 5) is 38.4. The van der Waals surface area contributed by atoms with Crippen LogP contribution in [0.5, 0.6) is 0 Å². The van der Waals surface area contributed by atoms with E-state index in [0.717, 1.165) is 57.8 Å². The highest BCUT2D eigenvalue weighted by molar-refractivity contribution is 5.71. The predicted molar refractivity (Wildman–Crippen MR) is 326 cm³/mol. The summed E-state index contributed by atoms with van der Waals surface area (Å²) in [5.41, 5.74) is 0. The second-order valence-corrected chi connectivity index (χ2v) is 23.1. The number of esters is 3. The monoisotopic (exact) mass is 1050 g/mol. The molecule has 0 aromatic carbocycles. The number of carbonyl (C=O) groups excluding carboxylic acids is 3. The standard InChI is InChI=1S/C69H130O6/c1-4-7-10-13-16-19-22-25-28-30-32-34-36-38-41-44-47-50-53-56-59-62-68(71)74-65-66(64-73-67(70)61-58-55-52-49-46-43-40-27-24-21-18-15-12-9-6-3)75-69(72)63-60-57-54-51-48-45-42-39-37-35-33-31-29-26-23-20-17-14-11-8-5-2/h25-26,28-29,66H,4-24,27,30-65H2,1-3H3/b28-25-,29-26-/t66-/m0/s1. The first-order valence-corrected chi connectivity index (χ1v) is 33.8. The molecule has 1 atom stereocenters. The van der Waals surface area contributed by atoms with E-state index >= 15 is 0 Å². The molecule has 6 nitrogen and oxygen atoms in total. The number of allylic oxidation sites excluding steroid dienone is 4. The van der Waals surface area contributed by atoms with Gasteiger partial charge in [-0.1, -0.05) is 315 Å². The van der Waals surface area contributed by atoms with Crippen molar-refractivity contribution in [2.24, 2.45) is 0 Å². The third kappa shape index (κ3) is 62.6. The maximum atomic E-state index is 12.9. The molecule has 0 aliphatic rings. The smallest absolute Gasteiger partial charge is 0.306 e. The molecule has 0 aromatic heterocycles. The number of hydrogen-bond acceptors (Lipinski definition) is 6. The predicted octanol–water partition coefficient (Wildman–Crippen LogP) is 23.0. The van der Waals surface area contributed by atoms with E-state index < -0.39 is 6.10 Å². The van der Waals surface area contributed by atoms with E-state index in [4.69, 9.17) is 14.2 Å². The molecule has 0 saturated carbocycles. The van der Waals surface area contributed by atoms with Gasteiger partial charge in [0, 0.05) is 19.3 Å². The maximum Gasteiger partial charge on any atom is 0.306 e. The van der Waals surface area contributed by atoms with Crippen molar-refractivity contribution in [1.29, 1.82) is 0 Å². The van der Waals surface area contributed by atoms with Gasteiger partial charge in [-0.2, -0.15) is 0 Å². The first-order valence-electron chi connectivity index (χ1n) is 33.8. The quantitative estimate of drug-likeness (QED) is 0.0261. The Hall–Kier alpha value is -2.11. The summed E-state index contributed by atoms with van der Waals surface area (Å²) in [5, 5.41) is 0. The fourth-order valence-corrected chi connectivity index (χ4v) is 10.3. The van der Waals surface area contributed by atoms with Gasteiger partial charge in [-0.25, -0.2) is 0 Å². The van der Waals surface area contributed by atoms with Gasteiger partial charge in [0.25, 0.3) is 0 Å². The Labute approximate surface area is 468 Å². The van der Waals surface area contributed by atoms with Crippen LogP contribution in [0.4, 0.5) is 0 Å². The van der Waals surface area contributed by atoms with Gasteiger partial charge in [0.2, 0.25) is 0 Å². The molecule has 0 amide bonds. The van der Waals surface area contributed by atoms with Crippen molar-refractivity contribution in [3.63, 3.8) is 0 Å². The summed E-state index contributed by atoms with van der Waals surface area (Å²) in [6.45, 7) is 6.71. The Balaban J connectivity index is 4.29.